The Morgan fingerprint density at radius 3 is 2.16 bits per heavy atom. The van der Waals surface area contributed by atoms with Gasteiger partial charge < -0.3 is 64.7 Å². The fourth-order valence-electron chi connectivity index (χ4n) is 10.3. The number of imide groups is 1. The zero-order chi connectivity index (χ0) is 59.5. The number of hydrogen-bond donors (Lipinski definition) is 6. The van der Waals surface area contributed by atoms with Crippen molar-refractivity contribution in [3.05, 3.63) is 104 Å². The molecule has 24 nitrogen and oxygen atoms in total. The Morgan fingerprint density at radius 2 is 1.49 bits per heavy atom. The molecule has 0 saturated carbocycles. The molecular weight excluding hydrogens is 1080 g/mol. The molecule has 8 rings (SSSR count). The number of cyclic esters (lactones) is 1. The van der Waals surface area contributed by atoms with E-state index >= 15 is 4.39 Å². The fraction of sp³-hybridized carbons (Fsp3) is 0.483. The molecular formula is C58H69FN8O16. The van der Waals surface area contributed by atoms with Crippen LogP contribution >= 0.6 is 0 Å². The molecule has 6 N–H and O–H groups in total. The van der Waals surface area contributed by atoms with Crippen molar-refractivity contribution < 1.29 is 76.3 Å². The topological polar surface area (TPSA) is 310 Å². The van der Waals surface area contributed by atoms with Gasteiger partial charge in [0.25, 0.3) is 17.4 Å². The van der Waals surface area contributed by atoms with Crippen molar-refractivity contribution in [2.45, 2.75) is 110 Å². The van der Waals surface area contributed by atoms with Gasteiger partial charge in [0.05, 0.1) is 87.9 Å². The number of alkyl carbamates (subject to hydrolysis) is 1. The average Bonchev–Trinajstić information content (AvgIpc) is 1.95. The Kier molecular flexibility index (Phi) is 20.2. The molecule has 0 radical (unpaired) electrons. The normalized spacial score (nSPS) is 17.4. The van der Waals surface area contributed by atoms with Crippen LogP contribution < -0.4 is 32.1 Å². The third kappa shape index (κ3) is 14.3. The highest BCUT2D eigenvalue weighted by atomic mass is 19.1. The minimum Gasteiger partial charge on any atom is -0.458 e. The molecule has 4 atom stereocenters. The number of rotatable bonds is 28. The predicted molar refractivity (Wildman–Crippen MR) is 294 cm³/mol. The molecule has 0 fully saturated rings. The van der Waals surface area contributed by atoms with Gasteiger partial charge in [-0.2, -0.15) is 0 Å². The number of fused-ring (bicyclic) bond motifs is 5. The van der Waals surface area contributed by atoms with Crippen LogP contribution in [0.5, 0.6) is 0 Å². The van der Waals surface area contributed by atoms with Crippen molar-refractivity contribution in [2.75, 3.05) is 71.3 Å². The number of amides is 7. The molecule has 4 aromatic rings. The summed E-state index contributed by atoms with van der Waals surface area (Å²) < 4.78 is 49.7. The van der Waals surface area contributed by atoms with Crippen molar-refractivity contribution in [3.63, 3.8) is 0 Å². The number of halogens is 1. The summed E-state index contributed by atoms with van der Waals surface area (Å²) in [7, 11) is 0. The molecule has 83 heavy (non-hydrogen) atoms. The lowest BCUT2D eigenvalue weighted by molar-refractivity contribution is -0.172. The molecule has 0 spiro atoms. The Morgan fingerprint density at radius 1 is 0.831 bits per heavy atom. The first kappa shape index (κ1) is 61.1. The molecule has 444 valence electrons. The van der Waals surface area contributed by atoms with E-state index in [2.05, 4.69) is 26.6 Å². The van der Waals surface area contributed by atoms with E-state index in [-0.39, 0.29) is 101 Å². The van der Waals surface area contributed by atoms with Gasteiger partial charge in [0.2, 0.25) is 23.6 Å². The summed E-state index contributed by atoms with van der Waals surface area (Å²) in [4.78, 5) is 120. The second-order valence-electron chi connectivity index (χ2n) is 20.8. The number of esters is 1. The van der Waals surface area contributed by atoms with E-state index in [1.54, 1.807) is 58.0 Å². The number of aliphatic hydroxyl groups is 1. The first-order chi connectivity index (χ1) is 39.8. The van der Waals surface area contributed by atoms with Gasteiger partial charge in [0.1, 0.15) is 31.1 Å². The summed E-state index contributed by atoms with van der Waals surface area (Å²) in [5.74, 6) is -4.26. The quantitative estimate of drug-likeness (QED) is 0.0238. The number of carbonyl (C=O) groups is 8. The third-order valence-electron chi connectivity index (χ3n) is 14.9. The van der Waals surface area contributed by atoms with Crippen LogP contribution in [0.15, 0.2) is 53.3 Å². The van der Waals surface area contributed by atoms with Crippen LogP contribution in [0.1, 0.15) is 98.4 Å². The standard InChI is InChI=1S/C58H69FN8O16/c1-6-58(77)40-27-44-52-38(29-67(44)55(74)39(40)31-82-56(58)75)50-42(12-11-37-33(4)41(59)28-43(63-52)49(37)50)64-57(76)83-30-35-7-9-36(10-8-35)62-53(72)34(5)61-54(73)51(32(2)3)65-46(69)16-19-78-21-23-80-25-26-81-24-22-79-20-17-60-45(68)15-18-66-47(70)13-14-48(66)71/h7-10,13-14,27-28,32,34,42,51,77H,6,11-12,15-26,29-31H2,1-5H3,(H,60,68)(H,61,73)(H,62,72)(H,64,76)(H,65,69)/t34-,42-,51-,58-/m0/s1. The van der Waals surface area contributed by atoms with E-state index in [0.717, 1.165) is 10.5 Å². The highest BCUT2D eigenvalue weighted by Crippen LogP contribution is 2.46. The highest BCUT2D eigenvalue weighted by Gasteiger charge is 2.46. The van der Waals surface area contributed by atoms with E-state index in [1.807, 2.05) is 0 Å². The number of pyridine rings is 2. The third-order valence-corrected chi connectivity index (χ3v) is 14.9. The van der Waals surface area contributed by atoms with Gasteiger partial charge in [-0.15, -0.1) is 0 Å². The molecule has 0 unspecified atom stereocenters. The molecule has 0 bridgehead atoms. The van der Waals surface area contributed by atoms with Gasteiger partial charge in [-0.1, -0.05) is 32.9 Å². The summed E-state index contributed by atoms with van der Waals surface area (Å²) in [5, 5.41) is 25.8. The Balaban J connectivity index is 0.720. The van der Waals surface area contributed by atoms with Gasteiger partial charge in [0, 0.05) is 66.4 Å². The summed E-state index contributed by atoms with van der Waals surface area (Å²) in [6, 6.07) is 6.93. The number of aromatic nitrogens is 2. The molecule has 2 aromatic carbocycles. The van der Waals surface area contributed by atoms with Crippen molar-refractivity contribution in [2.24, 2.45) is 5.92 Å². The summed E-state index contributed by atoms with van der Waals surface area (Å²) in [5.41, 5.74) is 2.40. The van der Waals surface area contributed by atoms with Crippen LogP contribution in [0, 0.1) is 18.7 Å². The number of carbonyl (C=O) groups excluding carboxylic acids is 8. The molecule has 4 aliphatic rings. The number of nitrogens with one attached hydrogen (secondary N) is 5. The molecule has 7 amide bonds. The van der Waals surface area contributed by atoms with Gasteiger partial charge in [-0.05, 0) is 79.5 Å². The Bertz CT molecular complexity index is 3240. The van der Waals surface area contributed by atoms with Crippen molar-refractivity contribution in [3.8, 4) is 11.4 Å². The van der Waals surface area contributed by atoms with Crippen LogP contribution in [0.25, 0.3) is 22.3 Å². The van der Waals surface area contributed by atoms with Crippen LogP contribution in [0.4, 0.5) is 14.9 Å². The Hall–Kier alpha value is -7.97. The molecule has 0 saturated heterocycles. The number of hydrogen-bond acceptors (Lipinski definition) is 17. The first-order valence-corrected chi connectivity index (χ1v) is 27.6. The van der Waals surface area contributed by atoms with Gasteiger partial charge in [0.15, 0.2) is 5.60 Å². The highest BCUT2D eigenvalue weighted by molar-refractivity contribution is 6.13. The van der Waals surface area contributed by atoms with E-state index in [9.17, 15) is 48.3 Å². The lowest BCUT2D eigenvalue weighted by Crippen LogP contribution is -2.53. The summed E-state index contributed by atoms with van der Waals surface area (Å²) in [6.07, 6.45) is 2.36. The summed E-state index contributed by atoms with van der Waals surface area (Å²) >= 11 is 0. The predicted octanol–water partition coefficient (Wildman–Crippen LogP) is 2.91. The molecule has 1 aliphatic carbocycles. The number of aryl methyl sites for hydroxylation is 1. The molecule has 2 aromatic heterocycles. The van der Waals surface area contributed by atoms with Crippen LogP contribution in [-0.4, -0.2) is 145 Å². The van der Waals surface area contributed by atoms with Crippen LogP contribution in [0.2, 0.25) is 0 Å². The zero-order valence-electron chi connectivity index (χ0n) is 46.9. The van der Waals surface area contributed by atoms with E-state index in [1.165, 1.54) is 29.7 Å². The average molecular weight is 1150 g/mol. The lowest BCUT2D eigenvalue weighted by atomic mass is 9.81. The number of anilines is 1. The largest absolute Gasteiger partial charge is 0.458 e. The first-order valence-electron chi connectivity index (χ1n) is 27.6. The van der Waals surface area contributed by atoms with Gasteiger partial charge >= 0.3 is 12.1 Å². The SMILES string of the molecule is CC[C@@]1(O)C(=O)OCc2c1cc1n(c2=O)Cc2c-1nc1cc(F)c(C)c3c1c2[C@@H](NC(=O)OCc1ccc(NC(=O)[C@H](C)NC(=O)[C@@H](NC(=O)CCOCCOCCOCCOCCNC(=O)CCN2C(=O)C=CC2=O)C(C)C)cc1)CC3. The summed E-state index contributed by atoms with van der Waals surface area (Å²) in [6.45, 7) is 10.3. The van der Waals surface area contributed by atoms with Crippen LogP contribution in [-0.2, 0) is 93.8 Å². The maximum Gasteiger partial charge on any atom is 0.407 e. The second-order valence-corrected chi connectivity index (χ2v) is 20.8. The monoisotopic (exact) mass is 1150 g/mol. The van der Waals surface area contributed by atoms with E-state index in [0.29, 0.717) is 89.5 Å². The minimum absolute atomic E-state index is 0.00251. The molecule has 25 heteroatoms. The smallest absolute Gasteiger partial charge is 0.407 e. The number of ether oxygens (including phenoxy) is 6. The maximum atomic E-state index is 15.4. The molecule has 5 heterocycles. The van der Waals surface area contributed by atoms with Crippen molar-refractivity contribution >= 4 is 64.1 Å². The van der Waals surface area contributed by atoms with E-state index in [4.69, 9.17) is 33.4 Å². The zero-order valence-corrected chi connectivity index (χ0v) is 46.9. The number of benzene rings is 2. The van der Waals surface area contributed by atoms with Crippen LogP contribution in [0.3, 0.4) is 0 Å². The Labute approximate surface area is 477 Å². The van der Waals surface area contributed by atoms with Crippen molar-refractivity contribution in [1.29, 1.82) is 0 Å². The minimum atomic E-state index is -2.04. The van der Waals surface area contributed by atoms with Gasteiger partial charge in [-0.25, -0.2) is 19.0 Å². The van der Waals surface area contributed by atoms with E-state index < -0.39 is 76.7 Å². The fourth-order valence-corrected chi connectivity index (χ4v) is 10.3. The maximum absolute atomic E-state index is 15.4. The lowest BCUT2D eigenvalue weighted by Gasteiger charge is -2.31. The second kappa shape index (κ2) is 27.4. The van der Waals surface area contributed by atoms with Crippen molar-refractivity contribution in [1.82, 2.24) is 35.7 Å². The number of nitrogens with zero attached hydrogens (tertiary/aromatic N) is 3. The van der Waals surface area contributed by atoms with Gasteiger partial charge in [-0.3, -0.25) is 38.5 Å². The molecule has 3 aliphatic heterocycles.